The molecule has 2 N–H and O–H groups in total. The fourth-order valence-corrected chi connectivity index (χ4v) is 1.79. The summed E-state index contributed by atoms with van der Waals surface area (Å²) in [5.41, 5.74) is 5.62. The maximum atomic E-state index is 5.83. The van der Waals surface area contributed by atoms with E-state index in [-0.39, 0.29) is 0 Å². The lowest BCUT2D eigenvalue weighted by Gasteiger charge is -2.01. The highest BCUT2D eigenvalue weighted by atomic mass is 79.9. The maximum Gasteiger partial charge on any atom is 0.192 e. The van der Waals surface area contributed by atoms with Crippen LogP contribution in [0.1, 0.15) is 0 Å². The third kappa shape index (κ3) is 1.73. The first kappa shape index (κ1) is 9.82. The van der Waals surface area contributed by atoms with Crippen molar-refractivity contribution >= 4 is 44.7 Å². The monoisotopic (exact) mass is 290 g/mol. The highest BCUT2D eigenvalue weighted by Crippen LogP contribution is 2.28. The van der Waals surface area contributed by atoms with E-state index in [9.17, 15) is 0 Å². The molecule has 0 unspecified atom stereocenters. The van der Waals surface area contributed by atoms with Gasteiger partial charge in [0.25, 0.3) is 0 Å². The lowest BCUT2D eigenvalue weighted by atomic mass is 10.5. The summed E-state index contributed by atoms with van der Waals surface area (Å²) in [6.07, 6.45) is 1.68. The van der Waals surface area contributed by atoms with E-state index in [0.717, 1.165) is 0 Å². The van der Waals surface area contributed by atoms with Gasteiger partial charge in [-0.3, -0.25) is 0 Å². The lowest BCUT2D eigenvalue weighted by molar-refractivity contribution is 1.16. The molecule has 7 heteroatoms. The molecule has 14 heavy (non-hydrogen) atoms. The molecule has 0 aliphatic heterocycles. The zero-order chi connectivity index (χ0) is 10.1. The minimum Gasteiger partial charge on any atom is -0.383 e. The zero-order valence-corrected chi connectivity index (χ0v) is 9.90. The summed E-state index contributed by atoms with van der Waals surface area (Å²) in [6.45, 7) is 0. The summed E-state index contributed by atoms with van der Waals surface area (Å²) in [5, 5.41) is 2.83. The molecule has 2 aromatic rings. The second kappa shape index (κ2) is 3.80. The van der Waals surface area contributed by atoms with Gasteiger partial charge in [-0.25, -0.2) is 15.0 Å². The Morgan fingerprint density at radius 2 is 2.21 bits per heavy atom. The lowest BCUT2D eigenvalue weighted by Crippen LogP contribution is -1.97. The Kier molecular flexibility index (Phi) is 2.66. The van der Waals surface area contributed by atoms with Crippen LogP contribution in [0.15, 0.2) is 16.0 Å². The normalized spacial score (nSPS) is 10.4. The third-order valence-electron chi connectivity index (χ3n) is 1.46. The van der Waals surface area contributed by atoms with Crippen molar-refractivity contribution in [3.05, 3.63) is 21.2 Å². The summed E-state index contributed by atoms with van der Waals surface area (Å²) in [7, 11) is 0. The topological polar surface area (TPSA) is 64.7 Å². The van der Waals surface area contributed by atoms with Crippen LogP contribution in [0.3, 0.4) is 0 Å². The first-order valence-electron chi connectivity index (χ1n) is 3.57. The van der Waals surface area contributed by atoms with Crippen molar-refractivity contribution in [3.8, 4) is 10.8 Å². The Hall–Kier alpha value is -0.720. The van der Waals surface area contributed by atoms with E-state index < -0.39 is 0 Å². The van der Waals surface area contributed by atoms with Gasteiger partial charge in [-0.15, -0.1) is 11.3 Å². The molecule has 0 saturated carbocycles. The Labute approximate surface area is 97.3 Å². The average Bonchev–Trinajstić information content (AvgIpc) is 2.66. The van der Waals surface area contributed by atoms with Gasteiger partial charge in [0.1, 0.15) is 11.0 Å². The standard InChI is InChI=1S/C7H4BrClN4S/c8-3-4(9)12-6(13-5(3)10)7-11-1-2-14-7/h1-2H,(H2,10,12,13). The molecule has 4 nitrogen and oxygen atoms in total. The van der Waals surface area contributed by atoms with E-state index in [4.69, 9.17) is 17.3 Å². The van der Waals surface area contributed by atoms with E-state index >= 15 is 0 Å². The SMILES string of the molecule is Nc1nc(-c2nccs2)nc(Cl)c1Br. The Morgan fingerprint density at radius 3 is 2.79 bits per heavy atom. The molecular formula is C7H4BrClN4S. The predicted octanol–water partition coefficient (Wildman–Crippen LogP) is 2.60. The fraction of sp³-hybridized carbons (Fsp3) is 0. The summed E-state index contributed by atoms with van der Waals surface area (Å²) >= 11 is 10.4. The number of hydrogen-bond donors (Lipinski definition) is 1. The van der Waals surface area contributed by atoms with Crippen LogP contribution in [0, 0.1) is 0 Å². The Morgan fingerprint density at radius 1 is 1.43 bits per heavy atom. The van der Waals surface area contributed by atoms with Crippen LogP contribution >= 0.6 is 38.9 Å². The molecule has 0 atom stereocenters. The minimum atomic E-state index is 0.294. The number of nitrogens with two attached hydrogens (primary N) is 1. The van der Waals surface area contributed by atoms with Gasteiger partial charge in [-0.2, -0.15) is 0 Å². The van der Waals surface area contributed by atoms with Crippen LogP contribution in [0.2, 0.25) is 5.15 Å². The molecule has 0 aliphatic carbocycles. The van der Waals surface area contributed by atoms with E-state index in [1.54, 1.807) is 6.20 Å². The molecule has 0 aromatic carbocycles. The van der Waals surface area contributed by atoms with Crippen molar-refractivity contribution in [3.63, 3.8) is 0 Å². The van der Waals surface area contributed by atoms with Gasteiger partial charge in [0.2, 0.25) is 0 Å². The molecule has 0 radical (unpaired) electrons. The molecule has 0 fully saturated rings. The fourth-order valence-electron chi connectivity index (χ4n) is 0.865. The van der Waals surface area contributed by atoms with Crippen molar-refractivity contribution < 1.29 is 0 Å². The predicted molar refractivity (Wildman–Crippen MR) is 60.3 cm³/mol. The Balaban J connectivity index is 2.57. The van der Waals surface area contributed by atoms with Crippen LogP contribution in [-0.2, 0) is 0 Å². The molecule has 72 valence electrons. The van der Waals surface area contributed by atoms with Gasteiger partial charge in [0, 0.05) is 11.6 Å². The van der Waals surface area contributed by atoms with E-state index in [1.165, 1.54) is 11.3 Å². The quantitative estimate of drug-likeness (QED) is 0.820. The summed E-state index contributed by atoms with van der Waals surface area (Å²) in [5.74, 6) is 0.765. The number of rotatable bonds is 1. The van der Waals surface area contributed by atoms with E-state index in [1.807, 2.05) is 5.38 Å². The third-order valence-corrected chi connectivity index (χ3v) is 3.51. The first-order chi connectivity index (χ1) is 6.68. The largest absolute Gasteiger partial charge is 0.383 e. The second-order valence-corrected chi connectivity index (χ2v) is 4.42. The van der Waals surface area contributed by atoms with Gasteiger partial charge in [-0.05, 0) is 15.9 Å². The molecule has 0 aliphatic rings. The summed E-state index contributed by atoms with van der Waals surface area (Å²) in [4.78, 5) is 12.2. The Bertz CT molecular complexity index is 436. The number of thiazole rings is 1. The van der Waals surface area contributed by atoms with Crippen LogP contribution in [0.4, 0.5) is 5.82 Å². The van der Waals surface area contributed by atoms with Crippen LogP contribution in [-0.4, -0.2) is 15.0 Å². The smallest absolute Gasteiger partial charge is 0.192 e. The number of anilines is 1. The van der Waals surface area contributed by atoms with Crippen LogP contribution in [0.5, 0.6) is 0 Å². The van der Waals surface area contributed by atoms with Gasteiger partial charge >= 0.3 is 0 Å². The van der Waals surface area contributed by atoms with E-state index in [0.29, 0.717) is 26.3 Å². The number of aromatic nitrogens is 3. The van der Waals surface area contributed by atoms with Crippen LogP contribution < -0.4 is 5.73 Å². The zero-order valence-electron chi connectivity index (χ0n) is 6.74. The van der Waals surface area contributed by atoms with Gasteiger partial charge in [0.15, 0.2) is 10.8 Å². The number of nitrogen functional groups attached to an aromatic ring is 1. The molecule has 0 saturated heterocycles. The molecule has 2 heterocycles. The molecule has 2 rings (SSSR count). The van der Waals surface area contributed by atoms with Crippen molar-refractivity contribution in [2.24, 2.45) is 0 Å². The molecule has 0 bridgehead atoms. The molecule has 0 spiro atoms. The molecule has 0 amide bonds. The van der Waals surface area contributed by atoms with Gasteiger partial charge in [0.05, 0.1) is 4.47 Å². The van der Waals surface area contributed by atoms with E-state index in [2.05, 4.69) is 30.9 Å². The number of nitrogens with zero attached hydrogens (tertiary/aromatic N) is 3. The summed E-state index contributed by atoms with van der Waals surface area (Å²) < 4.78 is 0.513. The summed E-state index contributed by atoms with van der Waals surface area (Å²) in [6, 6.07) is 0. The van der Waals surface area contributed by atoms with Crippen molar-refractivity contribution in [2.75, 3.05) is 5.73 Å². The first-order valence-corrected chi connectivity index (χ1v) is 5.62. The molecular weight excluding hydrogens is 288 g/mol. The average molecular weight is 292 g/mol. The maximum absolute atomic E-state index is 5.83. The van der Waals surface area contributed by atoms with Gasteiger partial charge in [-0.1, -0.05) is 11.6 Å². The number of halogens is 2. The minimum absolute atomic E-state index is 0.294. The van der Waals surface area contributed by atoms with Crippen molar-refractivity contribution in [1.29, 1.82) is 0 Å². The van der Waals surface area contributed by atoms with Crippen LogP contribution in [0.25, 0.3) is 10.8 Å². The number of hydrogen-bond acceptors (Lipinski definition) is 5. The second-order valence-electron chi connectivity index (χ2n) is 2.37. The van der Waals surface area contributed by atoms with Gasteiger partial charge < -0.3 is 5.73 Å². The highest BCUT2D eigenvalue weighted by molar-refractivity contribution is 9.10. The molecule has 2 aromatic heterocycles. The van der Waals surface area contributed by atoms with Crippen molar-refractivity contribution in [2.45, 2.75) is 0 Å². The highest BCUT2D eigenvalue weighted by Gasteiger charge is 2.10. The van der Waals surface area contributed by atoms with Crippen molar-refractivity contribution in [1.82, 2.24) is 15.0 Å².